The lowest BCUT2D eigenvalue weighted by Gasteiger charge is -2.31. The maximum Gasteiger partial charge on any atom is 0.262 e. The Bertz CT molecular complexity index is 1190. The van der Waals surface area contributed by atoms with Gasteiger partial charge < -0.3 is 10.3 Å². The second kappa shape index (κ2) is 8.00. The molecule has 1 amide bonds. The highest BCUT2D eigenvalue weighted by Crippen LogP contribution is 2.30. The molecule has 0 bridgehead atoms. The van der Waals surface area contributed by atoms with Crippen molar-refractivity contribution in [1.82, 2.24) is 18.8 Å². The zero-order chi connectivity index (χ0) is 21.3. The van der Waals surface area contributed by atoms with E-state index in [1.807, 2.05) is 24.3 Å². The Balaban J connectivity index is 1.59. The molecule has 1 aromatic carbocycles. The first-order valence-corrected chi connectivity index (χ1v) is 11.1. The van der Waals surface area contributed by atoms with Crippen LogP contribution >= 0.6 is 0 Å². The molecule has 2 aromatic heterocycles. The van der Waals surface area contributed by atoms with Crippen LogP contribution < -0.4 is 5.73 Å². The number of hydrogen-bond acceptors (Lipinski definition) is 5. The number of benzene rings is 1. The van der Waals surface area contributed by atoms with Crippen LogP contribution in [0.3, 0.4) is 0 Å². The lowest BCUT2D eigenvalue weighted by atomic mass is 9.95. The summed E-state index contributed by atoms with van der Waals surface area (Å²) in [5.74, 6) is -0.507. The summed E-state index contributed by atoms with van der Waals surface area (Å²) in [6.45, 7) is 0.826. The van der Waals surface area contributed by atoms with Crippen LogP contribution in [-0.2, 0) is 17.1 Å². The summed E-state index contributed by atoms with van der Waals surface area (Å²) in [6, 6.07) is 12.7. The third kappa shape index (κ3) is 3.99. The predicted octanol–water partition coefficient (Wildman–Crippen LogP) is 2.15. The van der Waals surface area contributed by atoms with Crippen molar-refractivity contribution in [3.63, 3.8) is 0 Å². The molecule has 0 unspecified atom stereocenters. The molecule has 1 aliphatic heterocycles. The summed E-state index contributed by atoms with van der Waals surface area (Å²) in [6.07, 6.45) is 4.61. The molecule has 0 saturated carbocycles. The topological polar surface area (TPSA) is 111 Å². The quantitative estimate of drug-likeness (QED) is 0.673. The van der Waals surface area contributed by atoms with E-state index < -0.39 is 15.9 Å². The molecule has 0 aliphatic carbocycles. The normalized spacial score (nSPS) is 17.7. The monoisotopic (exact) mass is 425 g/mol. The predicted molar refractivity (Wildman–Crippen MR) is 112 cm³/mol. The van der Waals surface area contributed by atoms with E-state index in [9.17, 15) is 13.2 Å². The number of sulfonamides is 1. The molecule has 156 valence electrons. The first-order chi connectivity index (χ1) is 14.3. The highest BCUT2D eigenvalue weighted by Gasteiger charge is 2.32. The van der Waals surface area contributed by atoms with Gasteiger partial charge in [-0.15, -0.1) is 0 Å². The van der Waals surface area contributed by atoms with E-state index in [0.717, 1.165) is 29.8 Å². The highest BCUT2D eigenvalue weighted by atomic mass is 32.2. The van der Waals surface area contributed by atoms with E-state index in [0.29, 0.717) is 18.7 Å². The number of nitrogens with two attached hydrogens (primary N) is 1. The zero-order valence-electron chi connectivity index (χ0n) is 16.6. The van der Waals surface area contributed by atoms with Gasteiger partial charge in [-0.1, -0.05) is 18.2 Å². The summed E-state index contributed by atoms with van der Waals surface area (Å²) in [5, 5.41) is 0.0654. The number of aromatic nitrogens is 3. The Kier molecular flexibility index (Phi) is 5.40. The minimum Gasteiger partial charge on any atom is -0.366 e. The Morgan fingerprint density at radius 1 is 1.20 bits per heavy atom. The van der Waals surface area contributed by atoms with Gasteiger partial charge in [-0.25, -0.2) is 13.4 Å². The number of imidazole rings is 1. The van der Waals surface area contributed by atoms with Gasteiger partial charge in [0.25, 0.3) is 10.0 Å². The van der Waals surface area contributed by atoms with Crippen molar-refractivity contribution >= 4 is 15.9 Å². The summed E-state index contributed by atoms with van der Waals surface area (Å²) in [5.41, 5.74) is 8.15. The smallest absolute Gasteiger partial charge is 0.262 e. The molecule has 30 heavy (non-hydrogen) atoms. The average molecular weight is 426 g/mol. The fourth-order valence-electron chi connectivity index (χ4n) is 3.73. The number of hydrogen-bond donors (Lipinski definition) is 1. The maximum atomic E-state index is 13.0. The zero-order valence-corrected chi connectivity index (χ0v) is 17.4. The van der Waals surface area contributed by atoms with Gasteiger partial charge in [0, 0.05) is 49.1 Å². The Labute approximate surface area is 175 Å². The number of primary amides is 1. The third-order valence-electron chi connectivity index (χ3n) is 5.30. The molecular weight excluding hydrogens is 402 g/mol. The number of carbonyl (C=O) groups excluding carboxylic acids is 1. The van der Waals surface area contributed by atoms with Crippen LogP contribution in [0.1, 0.15) is 34.8 Å². The molecule has 1 atom stereocenters. The van der Waals surface area contributed by atoms with E-state index in [-0.39, 0.29) is 10.9 Å². The van der Waals surface area contributed by atoms with E-state index >= 15 is 0 Å². The van der Waals surface area contributed by atoms with Crippen molar-refractivity contribution in [3.05, 3.63) is 66.2 Å². The lowest BCUT2D eigenvalue weighted by Crippen LogP contribution is -2.39. The first-order valence-electron chi connectivity index (χ1n) is 9.70. The van der Waals surface area contributed by atoms with E-state index in [1.54, 1.807) is 29.8 Å². The fraction of sp³-hybridized carbons (Fsp3) is 0.286. The van der Waals surface area contributed by atoms with Crippen LogP contribution in [0.25, 0.3) is 11.3 Å². The first kappa shape index (κ1) is 20.2. The molecule has 3 heterocycles. The number of piperidine rings is 1. The van der Waals surface area contributed by atoms with Crippen LogP contribution in [0.2, 0.25) is 0 Å². The number of amides is 1. The van der Waals surface area contributed by atoms with Gasteiger partial charge >= 0.3 is 0 Å². The van der Waals surface area contributed by atoms with Gasteiger partial charge in [0.15, 0.2) is 5.03 Å². The summed E-state index contributed by atoms with van der Waals surface area (Å²) in [4.78, 5) is 20.3. The molecule has 9 heteroatoms. The molecular formula is C21H23N5O3S. The molecule has 1 aliphatic rings. The Morgan fingerprint density at radius 2 is 2.00 bits per heavy atom. The number of nitrogens with zero attached hydrogens (tertiary/aromatic N) is 4. The largest absolute Gasteiger partial charge is 0.366 e. The third-order valence-corrected chi connectivity index (χ3v) is 7.05. The van der Waals surface area contributed by atoms with Crippen LogP contribution in [0, 0.1) is 0 Å². The van der Waals surface area contributed by atoms with E-state index in [1.165, 1.54) is 16.8 Å². The van der Waals surface area contributed by atoms with Gasteiger partial charge in [-0.2, -0.15) is 4.31 Å². The lowest BCUT2D eigenvalue weighted by molar-refractivity contribution is 0.100. The summed E-state index contributed by atoms with van der Waals surface area (Å²) in [7, 11) is -1.89. The van der Waals surface area contributed by atoms with Gasteiger partial charge in [0.2, 0.25) is 5.91 Å². The van der Waals surface area contributed by atoms with Crippen molar-refractivity contribution in [2.75, 3.05) is 13.1 Å². The van der Waals surface area contributed by atoms with Crippen LogP contribution in [0.5, 0.6) is 0 Å². The van der Waals surface area contributed by atoms with E-state index in [4.69, 9.17) is 10.7 Å². The molecule has 1 fully saturated rings. The van der Waals surface area contributed by atoms with Crippen molar-refractivity contribution in [2.45, 2.75) is 23.8 Å². The van der Waals surface area contributed by atoms with Crippen molar-refractivity contribution in [1.29, 1.82) is 0 Å². The molecule has 8 nitrogen and oxygen atoms in total. The van der Waals surface area contributed by atoms with Crippen molar-refractivity contribution in [2.24, 2.45) is 12.8 Å². The van der Waals surface area contributed by atoms with Crippen LogP contribution in [0.15, 0.2) is 60.0 Å². The Morgan fingerprint density at radius 3 is 2.73 bits per heavy atom. The fourth-order valence-corrected chi connectivity index (χ4v) is 5.22. The molecule has 4 rings (SSSR count). The molecule has 0 spiro atoms. The van der Waals surface area contributed by atoms with Gasteiger partial charge in [-0.05, 0) is 37.1 Å². The number of aryl methyl sites for hydroxylation is 1. The molecule has 0 radical (unpaired) electrons. The second-order valence-corrected chi connectivity index (χ2v) is 9.36. The Hall–Kier alpha value is -3.04. The minimum absolute atomic E-state index is 0.0171. The van der Waals surface area contributed by atoms with Crippen molar-refractivity contribution in [3.8, 4) is 11.3 Å². The van der Waals surface area contributed by atoms with Crippen molar-refractivity contribution < 1.29 is 13.2 Å². The van der Waals surface area contributed by atoms with Gasteiger partial charge in [0.05, 0.1) is 12.0 Å². The second-order valence-electron chi connectivity index (χ2n) is 7.47. The number of rotatable bonds is 5. The standard InChI is InChI=1S/C21H23N5O3S/c1-25-13-20(23-14-25)30(28,29)26-10-4-7-17(12-26)19-9-3-8-18(24-19)15-5-2-6-16(11-15)21(22)27/h2-3,5-6,8-9,11,13-14,17H,4,7,10,12H2,1H3,(H2,22,27)/t17-/m1/s1. The summed E-state index contributed by atoms with van der Waals surface area (Å²) >= 11 is 0. The maximum absolute atomic E-state index is 13.0. The highest BCUT2D eigenvalue weighted by molar-refractivity contribution is 7.89. The van der Waals surface area contributed by atoms with Crippen LogP contribution in [-0.4, -0.2) is 46.3 Å². The number of pyridine rings is 1. The van der Waals surface area contributed by atoms with Gasteiger partial charge in [0.1, 0.15) is 0 Å². The van der Waals surface area contributed by atoms with Gasteiger partial charge in [-0.3, -0.25) is 9.78 Å². The van der Waals surface area contributed by atoms with E-state index in [2.05, 4.69) is 4.98 Å². The SMILES string of the molecule is Cn1cnc(S(=O)(=O)N2CCC[C@@H](c3cccc(-c4cccc(C(N)=O)c4)n3)C2)c1. The molecule has 1 saturated heterocycles. The summed E-state index contributed by atoms with van der Waals surface area (Å²) < 4.78 is 29.0. The average Bonchev–Trinajstić information content (AvgIpc) is 3.21. The van der Waals surface area contributed by atoms with Crippen LogP contribution in [0.4, 0.5) is 0 Å². The molecule has 3 aromatic rings. The minimum atomic E-state index is -3.64. The molecule has 2 N–H and O–H groups in total. The number of carbonyl (C=O) groups is 1.